The fraction of sp³-hybridized carbons (Fsp3) is 0.923. The molecule has 0 aromatic carbocycles. The van der Waals surface area contributed by atoms with Crippen LogP contribution >= 0.6 is 0 Å². The molecule has 0 aromatic heterocycles. The highest BCUT2D eigenvalue weighted by molar-refractivity contribution is 7.85. The van der Waals surface area contributed by atoms with Gasteiger partial charge in [-0.2, -0.15) is 8.42 Å². The van der Waals surface area contributed by atoms with Gasteiger partial charge in [-0.1, -0.05) is 88.3 Å². The quantitative estimate of drug-likeness (QED) is 0.128. The Morgan fingerprint density at radius 3 is 1.62 bits per heavy atom. The minimum Gasteiger partial charge on any atom is -0.413 e. The van der Waals surface area contributed by atoms with Crippen LogP contribution in [0.4, 0.5) is 0 Å². The minimum atomic E-state index is -3.51. The summed E-state index contributed by atoms with van der Waals surface area (Å²) < 4.78 is 42.8. The lowest BCUT2D eigenvalue weighted by atomic mass is 9.79. The van der Waals surface area contributed by atoms with Gasteiger partial charge in [-0.05, 0) is 48.1 Å². The van der Waals surface area contributed by atoms with Crippen molar-refractivity contribution < 1.29 is 21.5 Å². The van der Waals surface area contributed by atoms with Gasteiger partial charge in [-0.3, -0.25) is 4.18 Å². The van der Waals surface area contributed by atoms with E-state index in [2.05, 4.69) is 101 Å². The topological polar surface area (TPSA) is 61.8 Å². The van der Waals surface area contributed by atoms with Crippen LogP contribution in [-0.2, 0) is 23.2 Å². The van der Waals surface area contributed by atoms with Crippen molar-refractivity contribution in [1.29, 1.82) is 0 Å². The summed E-state index contributed by atoms with van der Waals surface area (Å²) in [6.45, 7) is 31.5. The lowest BCUT2D eigenvalue weighted by molar-refractivity contribution is -0.0230. The van der Waals surface area contributed by atoms with E-state index < -0.39 is 26.8 Å². The number of rotatable bonds is 14. The van der Waals surface area contributed by atoms with E-state index in [9.17, 15) is 8.42 Å². The Morgan fingerprint density at radius 2 is 1.29 bits per heavy atom. The Bertz CT molecular complexity index is 728. The Balaban J connectivity index is 6.49. The molecule has 0 fully saturated rings. The van der Waals surface area contributed by atoms with Crippen molar-refractivity contribution in [3.63, 3.8) is 0 Å². The summed E-state index contributed by atoms with van der Waals surface area (Å²) in [6.07, 6.45) is 5.47. The zero-order valence-corrected chi connectivity index (χ0v) is 27.7. The molecule has 0 aromatic rings. The summed E-state index contributed by atoms with van der Waals surface area (Å²) in [4.78, 5) is 0. The molecule has 0 rings (SSSR count). The standard InChI is InChI=1S/C26H56O5SSi2/c1-16-17-23(31-34(20(2)3,21(4)5)22(6)7)26(11,12)24(18-19-29-32(13,27)28)30-33(14,15)25(8,9)10/h16-17,20-24H,18-19H2,1-15H3/b17-16+/t23-,24-/m0/s1. The highest BCUT2D eigenvalue weighted by Gasteiger charge is 2.51. The van der Waals surface area contributed by atoms with E-state index in [4.69, 9.17) is 13.0 Å². The second kappa shape index (κ2) is 12.5. The fourth-order valence-corrected chi connectivity index (χ4v) is 12.4. The third-order valence-electron chi connectivity index (χ3n) is 7.89. The molecular formula is C26H56O5SSi2. The largest absolute Gasteiger partial charge is 0.413 e. The van der Waals surface area contributed by atoms with Crippen molar-refractivity contribution in [2.45, 2.75) is 136 Å². The van der Waals surface area contributed by atoms with Gasteiger partial charge >= 0.3 is 0 Å². The summed E-state index contributed by atoms with van der Waals surface area (Å²) in [7, 11) is -7.82. The molecule has 204 valence electrons. The molecule has 0 bridgehead atoms. The predicted octanol–water partition coefficient (Wildman–Crippen LogP) is 7.91. The molecule has 8 heteroatoms. The van der Waals surface area contributed by atoms with Crippen molar-refractivity contribution in [3.8, 4) is 0 Å². The van der Waals surface area contributed by atoms with Gasteiger partial charge in [0.25, 0.3) is 10.1 Å². The summed E-state index contributed by atoms with van der Waals surface area (Å²) in [6, 6.07) is 0. The van der Waals surface area contributed by atoms with Gasteiger partial charge in [-0.15, -0.1) is 0 Å². The van der Waals surface area contributed by atoms with Gasteiger partial charge in [0.2, 0.25) is 8.32 Å². The summed E-state index contributed by atoms with van der Waals surface area (Å²) in [5, 5.41) is 0.0300. The Kier molecular flexibility index (Phi) is 12.5. The van der Waals surface area contributed by atoms with Crippen LogP contribution in [0.5, 0.6) is 0 Å². The van der Waals surface area contributed by atoms with Crippen LogP contribution in [-0.4, -0.2) is 50.1 Å². The SMILES string of the molecule is C/C=C/[C@H](O[Si](C(C)C)(C(C)C)C(C)C)C(C)(C)[C@H](CCOS(C)(=O)=O)O[Si](C)(C)C(C)(C)C. The molecule has 0 aliphatic rings. The van der Waals surface area contributed by atoms with E-state index in [1.54, 1.807) is 0 Å². The van der Waals surface area contributed by atoms with Crippen LogP contribution in [0.1, 0.15) is 89.5 Å². The number of allylic oxidation sites excluding steroid dienone is 1. The molecule has 0 aliphatic carbocycles. The number of hydrogen-bond donors (Lipinski definition) is 0. The first-order chi connectivity index (χ1) is 15.1. The molecule has 0 amide bonds. The minimum absolute atomic E-state index is 0.0300. The second-order valence-corrected chi connectivity index (χ2v) is 24.7. The van der Waals surface area contributed by atoms with Gasteiger partial charge in [-0.25, -0.2) is 0 Å². The lowest BCUT2D eigenvalue weighted by Gasteiger charge is -2.51. The Labute approximate surface area is 214 Å². The highest BCUT2D eigenvalue weighted by Crippen LogP contribution is 2.47. The van der Waals surface area contributed by atoms with Gasteiger partial charge in [0, 0.05) is 5.41 Å². The van der Waals surface area contributed by atoms with Crippen molar-refractivity contribution in [3.05, 3.63) is 12.2 Å². The fourth-order valence-electron chi connectivity index (χ4n) is 4.85. The Morgan fingerprint density at radius 1 is 0.853 bits per heavy atom. The molecule has 0 aliphatic heterocycles. The molecule has 0 heterocycles. The first-order valence-corrected chi connectivity index (χ1v) is 19.8. The smallest absolute Gasteiger partial charge is 0.264 e. The molecule has 0 saturated carbocycles. The van der Waals surface area contributed by atoms with Gasteiger partial charge < -0.3 is 8.85 Å². The molecule has 0 unspecified atom stereocenters. The van der Waals surface area contributed by atoms with E-state index in [0.717, 1.165) is 6.26 Å². The zero-order chi connectivity index (χ0) is 27.3. The van der Waals surface area contributed by atoms with E-state index in [1.165, 1.54) is 0 Å². The first kappa shape index (κ1) is 34.0. The second-order valence-electron chi connectivity index (χ2n) is 12.9. The first-order valence-electron chi connectivity index (χ1n) is 12.9. The van der Waals surface area contributed by atoms with Gasteiger partial charge in [0.05, 0.1) is 25.1 Å². The normalized spacial score (nSPS) is 16.8. The van der Waals surface area contributed by atoms with Crippen molar-refractivity contribution >= 4 is 26.8 Å². The summed E-state index contributed by atoms with van der Waals surface area (Å²) in [5.41, 5.74) is 0.998. The van der Waals surface area contributed by atoms with Crippen LogP contribution in [0.2, 0.25) is 34.8 Å². The molecule has 0 N–H and O–H groups in total. The maximum absolute atomic E-state index is 11.7. The van der Waals surface area contributed by atoms with Crippen LogP contribution in [0.3, 0.4) is 0 Å². The third-order valence-corrected chi connectivity index (χ3v) is 19.0. The average Bonchev–Trinajstić information content (AvgIpc) is 2.61. The van der Waals surface area contributed by atoms with E-state index in [1.807, 2.05) is 6.92 Å². The predicted molar refractivity (Wildman–Crippen MR) is 152 cm³/mol. The molecule has 5 nitrogen and oxygen atoms in total. The molecule has 34 heavy (non-hydrogen) atoms. The summed E-state index contributed by atoms with van der Waals surface area (Å²) >= 11 is 0. The average molecular weight is 537 g/mol. The van der Waals surface area contributed by atoms with E-state index in [-0.39, 0.29) is 29.3 Å². The molecule has 0 saturated heterocycles. The number of hydrogen-bond acceptors (Lipinski definition) is 5. The lowest BCUT2D eigenvalue weighted by Crippen LogP contribution is -2.56. The zero-order valence-electron chi connectivity index (χ0n) is 24.9. The molecule has 2 atom stereocenters. The van der Waals surface area contributed by atoms with Crippen LogP contribution < -0.4 is 0 Å². The Hall–Kier alpha value is 0.00377. The van der Waals surface area contributed by atoms with Crippen LogP contribution in [0, 0.1) is 5.41 Å². The molecule has 0 spiro atoms. The summed E-state index contributed by atoms with van der Waals surface area (Å²) in [5.74, 6) is 0. The third kappa shape index (κ3) is 8.84. The van der Waals surface area contributed by atoms with Crippen LogP contribution in [0.25, 0.3) is 0 Å². The maximum atomic E-state index is 11.7. The van der Waals surface area contributed by atoms with E-state index in [0.29, 0.717) is 23.0 Å². The van der Waals surface area contributed by atoms with Gasteiger partial charge in [0.15, 0.2) is 8.32 Å². The monoisotopic (exact) mass is 536 g/mol. The van der Waals surface area contributed by atoms with Crippen molar-refractivity contribution in [2.24, 2.45) is 5.41 Å². The van der Waals surface area contributed by atoms with Crippen LogP contribution in [0.15, 0.2) is 12.2 Å². The van der Waals surface area contributed by atoms with Gasteiger partial charge in [0.1, 0.15) is 0 Å². The molecular weight excluding hydrogens is 481 g/mol. The van der Waals surface area contributed by atoms with Crippen molar-refractivity contribution in [1.82, 2.24) is 0 Å². The highest BCUT2D eigenvalue weighted by atomic mass is 32.2. The van der Waals surface area contributed by atoms with Crippen molar-refractivity contribution in [2.75, 3.05) is 12.9 Å². The maximum Gasteiger partial charge on any atom is 0.264 e. The molecule has 0 radical (unpaired) electrons. The van der Waals surface area contributed by atoms with E-state index >= 15 is 0 Å².